The number of alkyl halides is 1. The number of allylic oxidation sites excluding steroid dienone is 4. The van der Waals surface area contributed by atoms with Gasteiger partial charge in [-0.25, -0.2) is 8.42 Å². The van der Waals surface area contributed by atoms with Crippen molar-refractivity contribution in [1.29, 1.82) is 0 Å². The van der Waals surface area contributed by atoms with E-state index >= 15 is 0 Å². The molecule has 3 aliphatic rings. The highest BCUT2D eigenvalue weighted by Gasteiger charge is 2.64. The van der Waals surface area contributed by atoms with Crippen LogP contribution in [-0.4, -0.2) is 18.9 Å². The number of hydrogen-bond acceptors (Lipinski definition) is 2. The normalized spacial score (nSPS) is 47.2. The van der Waals surface area contributed by atoms with Crippen molar-refractivity contribution >= 4 is 21.4 Å². The molecule has 0 spiro atoms. The van der Waals surface area contributed by atoms with Gasteiger partial charge in [-0.2, -0.15) is 0 Å². The lowest BCUT2D eigenvalue weighted by Crippen LogP contribution is -2.41. The lowest BCUT2D eigenvalue weighted by Gasteiger charge is -2.43. The van der Waals surface area contributed by atoms with E-state index in [-0.39, 0.29) is 16.6 Å². The smallest absolute Gasteiger partial charge is 0.168 e. The number of hydrogen-bond donors (Lipinski definition) is 0. The van der Waals surface area contributed by atoms with E-state index in [4.69, 9.17) is 11.6 Å². The molecule has 94 valence electrons. The Morgan fingerprint density at radius 1 is 1.06 bits per heavy atom. The zero-order valence-corrected chi connectivity index (χ0v) is 11.3. The van der Waals surface area contributed by atoms with Crippen LogP contribution in [0.3, 0.4) is 0 Å². The van der Waals surface area contributed by atoms with Crippen LogP contribution in [-0.2, 0) is 9.84 Å². The second kappa shape index (κ2) is 3.61. The van der Waals surface area contributed by atoms with E-state index in [1.807, 2.05) is 12.2 Å². The van der Waals surface area contributed by atoms with Gasteiger partial charge in [0.2, 0.25) is 0 Å². The molecule has 1 aliphatic heterocycles. The van der Waals surface area contributed by atoms with Gasteiger partial charge < -0.3 is 0 Å². The predicted molar refractivity (Wildman–Crippen MR) is 69.7 cm³/mol. The van der Waals surface area contributed by atoms with Crippen LogP contribution in [0.2, 0.25) is 0 Å². The van der Waals surface area contributed by atoms with Gasteiger partial charge in [0, 0.05) is 10.8 Å². The molecule has 1 saturated heterocycles. The highest BCUT2D eigenvalue weighted by atomic mass is 35.5. The van der Waals surface area contributed by atoms with Crippen LogP contribution < -0.4 is 0 Å². The second-order valence-corrected chi connectivity index (χ2v) is 8.38. The Morgan fingerprint density at radius 3 is 2.59 bits per heavy atom. The molecule has 2 aliphatic carbocycles. The number of halogens is 1. The lowest BCUT2D eigenvalue weighted by molar-refractivity contribution is 0.181. The van der Waals surface area contributed by atoms with E-state index in [2.05, 4.69) is 12.2 Å². The molecule has 0 aromatic carbocycles. The highest BCUT2D eigenvalue weighted by molar-refractivity contribution is 7.93. The molecule has 0 aromatic heterocycles. The fourth-order valence-electron chi connectivity index (χ4n) is 3.89. The summed E-state index contributed by atoms with van der Waals surface area (Å²) in [4.78, 5) is 0. The third kappa shape index (κ3) is 1.42. The Bertz CT molecular complexity index is 494. The fourth-order valence-corrected chi connectivity index (χ4v) is 6.93. The first-order valence-corrected chi connectivity index (χ1v) is 8.40. The average molecular weight is 273 g/mol. The van der Waals surface area contributed by atoms with E-state index in [1.165, 1.54) is 6.42 Å². The summed E-state index contributed by atoms with van der Waals surface area (Å²) in [6.45, 7) is 0. The third-order valence-electron chi connectivity index (χ3n) is 4.74. The van der Waals surface area contributed by atoms with Crippen molar-refractivity contribution in [1.82, 2.24) is 0 Å². The summed E-state index contributed by atoms with van der Waals surface area (Å²) in [5.74, 6) is 0.231. The third-order valence-corrected chi connectivity index (χ3v) is 7.91. The summed E-state index contributed by atoms with van der Waals surface area (Å²) in [6.07, 6.45) is 13.4. The molecule has 0 N–H and O–H groups in total. The summed E-state index contributed by atoms with van der Waals surface area (Å²) >= 11 is 6.34. The number of sulfone groups is 1. The Labute approximate surface area is 108 Å². The van der Waals surface area contributed by atoms with E-state index in [0.29, 0.717) is 0 Å². The first-order valence-electron chi connectivity index (χ1n) is 6.25. The maximum atomic E-state index is 12.2. The van der Waals surface area contributed by atoms with Gasteiger partial charge in [0.1, 0.15) is 4.71 Å². The van der Waals surface area contributed by atoms with E-state index in [1.54, 1.807) is 0 Å². The van der Waals surface area contributed by atoms with Crippen LogP contribution in [0.1, 0.15) is 32.1 Å². The SMILES string of the molecule is O=S1(=O)C[C@@]23C=CC=C[C@]2(CCCCC3)[C@@H]1Cl. The zero-order valence-electron chi connectivity index (χ0n) is 9.73. The van der Waals surface area contributed by atoms with Crippen LogP contribution in [0.25, 0.3) is 0 Å². The minimum Gasteiger partial charge on any atom is -0.227 e. The van der Waals surface area contributed by atoms with Crippen molar-refractivity contribution in [3.8, 4) is 0 Å². The highest BCUT2D eigenvalue weighted by Crippen LogP contribution is 2.62. The van der Waals surface area contributed by atoms with Crippen molar-refractivity contribution in [2.24, 2.45) is 10.8 Å². The van der Waals surface area contributed by atoms with Crippen molar-refractivity contribution in [2.45, 2.75) is 36.8 Å². The molecule has 1 heterocycles. The molecule has 17 heavy (non-hydrogen) atoms. The molecule has 0 radical (unpaired) electrons. The lowest BCUT2D eigenvalue weighted by atomic mass is 9.60. The molecule has 4 heteroatoms. The van der Waals surface area contributed by atoms with Crippen molar-refractivity contribution in [2.75, 3.05) is 5.75 Å². The van der Waals surface area contributed by atoms with E-state index in [9.17, 15) is 8.42 Å². The summed E-state index contributed by atoms with van der Waals surface area (Å²) in [5, 5.41) is 0. The van der Waals surface area contributed by atoms with Crippen molar-refractivity contribution in [3.05, 3.63) is 24.3 Å². The Morgan fingerprint density at radius 2 is 1.76 bits per heavy atom. The minimum absolute atomic E-state index is 0.231. The minimum atomic E-state index is -3.16. The predicted octanol–water partition coefficient (Wildman–Crippen LogP) is 3.04. The number of rotatable bonds is 0. The van der Waals surface area contributed by atoms with Gasteiger partial charge in [0.15, 0.2) is 9.84 Å². The molecule has 2 fully saturated rings. The van der Waals surface area contributed by atoms with Crippen LogP contribution in [0, 0.1) is 10.8 Å². The molecule has 3 atom stereocenters. The molecular formula is C13H17ClO2S. The Balaban J connectivity index is 2.21. The first-order chi connectivity index (χ1) is 8.03. The van der Waals surface area contributed by atoms with Crippen molar-refractivity contribution in [3.63, 3.8) is 0 Å². The quantitative estimate of drug-likeness (QED) is 0.635. The van der Waals surface area contributed by atoms with Gasteiger partial charge >= 0.3 is 0 Å². The summed E-state index contributed by atoms with van der Waals surface area (Å²) in [5.41, 5.74) is -0.581. The first kappa shape index (κ1) is 11.8. The fraction of sp³-hybridized carbons (Fsp3) is 0.692. The van der Waals surface area contributed by atoms with E-state index in [0.717, 1.165) is 25.7 Å². The molecule has 2 nitrogen and oxygen atoms in total. The van der Waals surface area contributed by atoms with Gasteiger partial charge in [-0.1, -0.05) is 43.6 Å². The van der Waals surface area contributed by atoms with Crippen LogP contribution in [0.15, 0.2) is 24.3 Å². The molecule has 1 saturated carbocycles. The van der Waals surface area contributed by atoms with Gasteiger partial charge in [0.05, 0.1) is 5.75 Å². The maximum Gasteiger partial charge on any atom is 0.168 e. The van der Waals surface area contributed by atoms with Crippen molar-refractivity contribution < 1.29 is 8.42 Å². The Hall–Kier alpha value is -0.280. The second-order valence-electron chi connectivity index (χ2n) is 5.60. The molecule has 0 unspecified atom stereocenters. The van der Waals surface area contributed by atoms with Gasteiger partial charge in [-0.3, -0.25) is 0 Å². The Kier molecular flexibility index (Phi) is 2.50. The van der Waals surface area contributed by atoms with Crippen LogP contribution in [0.4, 0.5) is 0 Å². The van der Waals surface area contributed by atoms with Gasteiger partial charge in [-0.05, 0) is 12.8 Å². The van der Waals surface area contributed by atoms with Gasteiger partial charge in [0.25, 0.3) is 0 Å². The largest absolute Gasteiger partial charge is 0.227 e. The molecule has 0 aromatic rings. The van der Waals surface area contributed by atoms with Gasteiger partial charge in [-0.15, -0.1) is 11.6 Å². The molecule has 0 amide bonds. The standard InChI is InChI=1S/C13H17ClO2S/c14-11-13-8-3-1-2-6-12(13,7-4-5-9-13)10-17(11,15)16/h4-5,7,9,11H,1-3,6,8,10H2/t11-,12-,13-/m1/s1. The van der Waals surface area contributed by atoms with Crippen LogP contribution >= 0.6 is 11.6 Å². The summed E-state index contributed by atoms with van der Waals surface area (Å²) in [6, 6.07) is 0. The molecular weight excluding hydrogens is 256 g/mol. The zero-order chi connectivity index (χ0) is 12.1. The topological polar surface area (TPSA) is 34.1 Å². The van der Waals surface area contributed by atoms with Crippen LogP contribution in [0.5, 0.6) is 0 Å². The monoisotopic (exact) mass is 272 g/mol. The summed E-state index contributed by atoms with van der Waals surface area (Å²) in [7, 11) is -3.16. The average Bonchev–Trinajstić information content (AvgIpc) is 2.43. The van der Waals surface area contributed by atoms with E-state index < -0.39 is 14.5 Å². The molecule has 0 bridgehead atoms. The maximum absolute atomic E-state index is 12.2. The molecule has 3 rings (SSSR count). The summed E-state index contributed by atoms with van der Waals surface area (Å²) < 4.78 is 23.7.